The number of hydrogen-bond donors (Lipinski definition) is 3. The van der Waals surface area contributed by atoms with E-state index in [0.29, 0.717) is 36.8 Å². The van der Waals surface area contributed by atoms with E-state index in [1.54, 1.807) is 11.8 Å². The summed E-state index contributed by atoms with van der Waals surface area (Å²) >= 11 is 1.56. The fourth-order valence-electron chi connectivity index (χ4n) is 5.74. The standard InChI is InChI=1S/C35H44N2O4S/c1-25-11-9-10-16-30(25)32-22-27(17-18-31(32)34(38)37-33(35(39)40)19-20-42-2)23-36-28(21-26-12-5-3-6-13-26)24-41-29-14-7-4-8-15-29/h4,7-11,14-18,22,26,28,33,36H,3,5-6,12-13,19-21,23-24H2,1-2H3,(H,37,38)(H,39,40)/t28-,33+/m1/s1. The molecule has 3 aromatic carbocycles. The highest BCUT2D eigenvalue weighted by Gasteiger charge is 2.23. The van der Waals surface area contributed by atoms with Crippen molar-refractivity contribution in [1.29, 1.82) is 0 Å². The molecule has 4 rings (SSSR count). The fraction of sp³-hybridized carbons (Fsp3) is 0.429. The molecular formula is C35H44N2O4S. The maximum Gasteiger partial charge on any atom is 0.326 e. The van der Waals surface area contributed by atoms with Gasteiger partial charge in [0.2, 0.25) is 0 Å². The second kappa shape index (κ2) is 16.4. The van der Waals surface area contributed by atoms with Crippen molar-refractivity contribution in [3.05, 3.63) is 89.5 Å². The zero-order valence-electron chi connectivity index (χ0n) is 24.8. The van der Waals surface area contributed by atoms with Crippen LogP contribution in [0.25, 0.3) is 11.1 Å². The molecule has 0 heterocycles. The third-order valence-corrected chi connectivity index (χ3v) is 8.75. The van der Waals surface area contributed by atoms with E-state index in [0.717, 1.165) is 34.4 Å². The molecule has 1 aliphatic carbocycles. The lowest BCUT2D eigenvalue weighted by atomic mass is 9.85. The summed E-state index contributed by atoms with van der Waals surface area (Å²) in [6.07, 6.45) is 9.87. The smallest absolute Gasteiger partial charge is 0.326 e. The number of para-hydroxylation sites is 1. The zero-order valence-corrected chi connectivity index (χ0v) is 25.6. The largest absolute Gasteiger partial charge is 0.492 e. The number of thioether (sulfide) groups is 1. The first kappa shape index (κ1) is 31.6. The van der Waals surface area contributed by atoms with Crippen LogP contribution in [0.3, 0.4) is 0 Å². The van der Waals surface area contributed by atoms with E-state index in [-0.39, 0.29) is 11.9 Å². The number of carbonyl (C=O) groups is 2. The van der Waals surface area contributed by atoms with Gasteiger partial charge in [-0.2, -0.15) is 11.8 Å². The number of rotatable bonds is 15. The van der Waals surface area contributed by atoms with Crippen LogP contribution in [-0.4, -0.2) is 47.7 Å². The molecule has 0 saturated heterocycles. The first-order chi connectivity index (χ1) is 20.4. The molecule has 0 bridgehead atoms. The van der Waals surface area contributed by atoms with Crippen molar-refractivity contribution in [3.8, 4) is 16.9 Å². The Labute approximate surface area is 254 Å². The number of hydrogen-bond acceptors (Lipinski definition) is 5. The Hall–Kier alpha value is -3.29. The highest BCUT2D eigenvalue weighted by atomic mass is 32.2. The highest BCUT2D eigenvalue weighted by molar-refractivity contribution is 7.98. The summed E-state index contributed by atoms with van der Waals surface area (Å²) in [7, 11) is 0. The monoisotopic (exact) mass is 588 g/mol. The first-order valence-corrected chi connectivity index (χ1v) is 16.5. The van der Waals surface area contributed by atoms with Crippen LogP contribution in [0.4, 0.5) is 0 Å². The van der Waals surface area contributed by atoms with Crippen molar-refractivity contribution in [2.45, 2.75) is 70.5 Å². The summed E-state index contributed by atoms with van der Waals surface area (Å²) in [5.41, 5.74) is 4.38. The number of aryl methyl sites for hydroxylation is 1. The fourth-order valence-corrected chi connectivity index (χ4v) is 6.21. The van der Waals surface area contributed by atoms with E-state index in [9.17, 15) is 14.7 Å². The summed E-state index contributed by atoms with van der Waals surface area (Å²) in [6.45, 7) is 3.27. The number of carbonyl (C=O) groups excluding carboxylic acids is 1. The number of amides is 1. The van der Waals surface area contributed by atoms with E-state index in [4.69, 9.17) is 4.74 Å². The SMILES string of the molecule is CSCC[C@H](NC(=O)c1ccc(CN[C@@H](COc2ccccc2)CC2CCCCC2)cc1-c1ccccc1C)C(=O)O. The van der Waals surface area contributed by atoms with Crippen molar-refractivity contribution >= 4 is 23.6 Å². The lowest BCUT2D eigenvalue weighted by Gasteiger charge is -2.27. The van der Waals surface area contributed by atoms with Gasteiger partial charge in [-0.05, 0) is 84.2 Å². The second-order valence-corrected chi connectivity index (χ2v) is 12.3. The van der Waals surface area contributed by atoms with Gasteiger partial charge >= 0.3 is 5.97 Å². The van der Waals surface area contributed by atoms with E-state index in [1.165, 1.54) is 32.1 Å². The van der Waals surface area contributed by atoms with Crippen LogP contribution in [0.15, 0.2) is 72.8 Å². The Bertz CT molecular complexity index is 1290. The van der Waals surface area contributed by atoms with Crippen LogP contribution in [0.5, 0.6) is 5.75 Å². The molecule has 1 fully saturated rings. The van der Waals surface area contributed by atoms with Gasteiger partial charge < -0.3 is 20.5 Å². The molecule has 1 amide bonds. The van der Waals surface area contributed by atoms with E-state index >= 15 is 0 Å². The van der Waals surface area contributed by atoms with E-state index < -0.39 is 12.0 Å². The Morgan fingerprint density at radius 2 is 1.71 bits per heavy atom. The molecule has 1 aliphatic rings. The average Bonchev–Trinajstić information content (AvgIpc) is 3.01. The van der Waals surface area contributed by atoms with Gasteiger partial charge in [0, 0.05) is 18.2 Å². The van der Waals surface area contributed by atoms with Crippen molar-refractivity contribution in [2.75, 3.05) is 18.6 Å². The lowest BCUT2D eigenvalue weighted by Crippen LogP contribution is -2.41. The second-order valence-electron chi connectivity index (χ2n) is 11.3. The Morgan fingerprint density at radius 3 is 2.43 bits per heavy atom. The summed E-state index contributed by atoms with van der Waals surface area (Å²) in [6, 6.07) is 23.1. The molecule has 1 saturated carbocycles. The lowest BCUT2D eigenvalue weighted by molar-refractivity contribution is -0.139. The summed E-state index contributed by atoms with van der Waals surface area (Å²) < 4.78 is 6.18. The predicted molar refractivity (Wildman–Crippen MR) is 172 cm³/mol. The van der Waals surface area contributed by atoms with Gasteiger partial charge in [0.05, 0.1) is 0 Å². The number of carboxylic acid groups (broad SMARTS) is 1. The van der Waals surface area contributed by atoms with Crippen LogP contribution < -0.4 is 15.4 Å². The molecule has 0 aliphatic heterocycles. The van der Waals surface area contributed by atoms with Gasteiger partial charge in [0.1, 0.15) is 18.4 Å². The van der Waals surface area contributed by atoms with Gasteiger partial charge in [-0.1, -0.05) is 80.6 Å². The zero-order chi connectivity index (χ0) is 29.7. The minimum absolute atomic E-state index is 0.200. The molecule has 3 aromatic rings. The van der Waals surface area contributed by atoms with Gasteiger partial charge in [-0.15, -0.1) is 0 Å². The minimum atomic E-state index is -1.02. The van der Waals surface area contributed by atoms with Gasteiger partial charge in [-0.25, -0.2) is 4.79 Å². The van der Waals surface area contributed by atoms with E-state index in [2.05, 4.69) is 16.7 Å². The molecule has 0 aromatic heterocycles. The molecule has 0 unspecified atom stereocenters. The normalized spacial score (nSPS) is 15.1. The van der Waals surface area contributed by atoms with Crippen molar-refractivity contribution in [1.82, 2.24) is 10.6 Å². The van der Waals surface area contributed by atoms with Crippen LogP contribution in [0.1, 0.15) is 66.4 Å². The number of ether oxygens (including phenoxy) is 1. The number of carboxylic acids is 1. The highest BCUT2D eigenvalue weighted by Crippen LogP contribution is 2.30. The molecule has 0 radical (unpaired) electrons. The maximum absolute atomic E-state index is 13.4. The Balaban J connectivity index is 1.54. The van der Waals surface area contributed by atoms with Gasteiger partial charge in [0.25, 0.3) is 5.91 Å². The predicted octanol–water partition coefficient (Wildman–Crippen LogP) is 7.11. The summed E-state index contributed by atoms with van der Waals surface area (Å²) in [4.78, 5) is 25.3. The molecular weight excluding hydrogens is 544 g/mol. The minimum Gasteiger partial charge on any atom is -0.492 e. The van der Waals surface area contributed by atoms with Crippen LogP contribution in [0.2, 0.25) is 0 Å². The molecule has 2 atom stereocenters. The molecule has 0 spiro atoms. The number of nitrogens with one attached hydrogen (secondary N) is 2. The quantitative estimate of drug-likeness (QED) is 0.175. The van der Waals surface area contributed by atoms with Gasteiger partial charge in [-0.3, -0.25) is 4.79 Å². The first-order valence-electron chi connectivity index (χ1n) is 15.1. The Morgan fingerprint density at radius 1 is 0.976 bits per heavy atom. The Kier molecular flexibility index (Phi) is 12.3. The van der Waals surface area contributed by atoms with Crippen LogP contribution in [-0.2, 0) is 11.3 Å². The third-order valence-electron chi connectivity index (χ3n) is 8.11. The topological polar surface area (TPSA) is 87.7 Å². The van der Waals surface area contributed by atoms with Crippen LogP contribution in [0, 0.1) is 12.8 Å². The number of benzene rings is 3. The van der Waals surface area contributed by atoms with Crippen molar-refractivity contribution < 1.29 is 19.4 Å². The molecule has 224 valence electrons. The summed E-state index contributed by atoms with van der Waals surface area (Å²) in [5, 5.41) is 16.2. The molecule has 42 heavy (non-hydrogen) atoms. The maximum atomic E-state index is 13.4. The van der Waals surface area contributed by atoms with Gasteiger partial charge in [0.15, 0.2) is 0 Å². The number of aliphatic carboxylic acids is 1. The molecule has 6 nitrogen and oxygen atoms in total. The molecule has 3 N–H and O–H groups in total. The van der Waals surface area contributed by atoms with E-state index in [1.807, 2.05) is 79.9 Å². The van der Waals surface area contributed by atoms with Crippen molar-refractivity contribution in [2.24, 2.45) is 5.92 Å². The third kappa shape index (κ3) is 9.36. The average molecular weight is 589 g/mol. The summed E-state index contributed by atoms with van der Waals surface area (Å²) in [5.74, 6) is 0.854. The molecule has 7 heteroatoms. The van der Waals surface area contributed by atoms with Crippen LogP contribution >= 0.6 is 11.8 Å². The van der Waals surface area contributed by atoms with Crippen molar-refractivity contribution in [3.63, 3.8) is 0 Å².